The van der Waals surface area contributed by atoms with Gasteiger partial charge in [-0.2, -0.15) is 0 Å². The van der Waals surface area contributed by atoms with Gasteiger partial charge in [0.2, 0.25) is 0 Å². The van der Waals surface area contributed by atoms with E-state index in [1.165, 1.54) is 5.56 Å². The van der Waals surface area contributed by atoms with Gasteiger partial charge in [0, 0.05) is 24.1 Å². The summed E-state index contributed by atoms with van der Waals surface area (Å²) in [6.45, 7) is 5.01. The van der Waals surface area contributed by atoms with E-state index in [1.807, 2.05) is 18.2 Å². The molecule has 2 aromatic rings. The Morgan fingerprint density at radius 1 is 1.26 bits per heavy atom. The number of benzene rings is 1. The second kappa shape index (κ2) is 5.52. The lowest BCUT2D eigenvalue weighted by molar-refractivity contribution is 1.02. The minimum absolute atomic E-state index is 0.0119. The molecule has 0 bridgehead atoms. The average molecular weight is 254 g/mol. The van der Waals surface area contributed by atoms with Crippen LogP contribution < -0.4 is 10.6 Å². The fraction of sp³-hybridized carbons (Fsp3) is 0.200. The van der Waals surface area contributed by atoms with E-state index in [0.29, 0.717) is 5.69 Å². The number of hydrogen-bond acceptors (Lipinski definition) is 3. The van der Waals surface area contributed by atoms with E-state index >= 15 is 0 Å². The quantitative estimate of drug-likeness (QED) is 0.651. The van der Waals surface area contributed by atoms with Crippen molar-refractivity contribution in [3.05, 3.63) is 53.9 Å². The third kappa shape index (κ3) is 2.91. The molecule has 0 saturated heterocycles. The molecule has 98 valence electrons. The predicted octanol–water partition coefficient (Wildman–Crippen LogP) is 2.83. The summed E-state index contributed by atoms with van der Waals surface area (Å²) in [4.78, 5) is 6.26. The summed E-state index contributed by atoms with van der Waals surface area (Å²) in [7, 11) is 0. The van der Waals surface area contributed by atoms with Gasteiger partial charge >= 0.3 is 0 Å². The Kier molecular flexibility index (Phi) is 3.80. The van der Waals surface area contributed by atoms with Crippen LogP contribution in [-0.2, 0) is 0 Å². The zero-order chi connectivity index (χ0) is 13.8. The molecule has 0 aliphatic heterocycles. The summed E-state index contributed by atoms with van der Waals surface area (Å²) in [5.41, 5.74) is 9.33. The van der Waals surface area contributed by atoms with E-state index in [2.05, 4.69) is 41.9 Å². The van der Waals surface area contributed by atoms with Gasteiger partial charge in [0.1, 0.15) is 11.5 Å². The van der Waals surface area contributed by atoms with Gasteiger partial charge in [-0.25, -0.2) is 0 Å². The molecule has 19 heavy (non-hydrogen) atoms. The zero-order valence-electron chi connectivity index (χ0n) is 11.2. The van der Waals surface area contributed by atoms with Crippen LogP contribution in [0, 0.1) is 12.3 Å². The fourth-order valence-electron chi connectivity index (χ4n) is 2.04. The van der Waals surface area contributed by atoms with Gasteiger partial charge in [0.25, 0.3) is 0 Å². The molecule has 0 unspecified atom stereocenters. The van der Waals surface area contributed by atoms with Gasteiger partial charge in [-0.1, -0.05) is 12.1 Å². The van der Waals surface area contributed by atoms with Gasteiger partial charge in [0.15, 0.2) is 0 Å². The highest BCUT2D eigenvalue weighted by atomic mass is 15.1. The van der Waals surface area contributed by atoms with Crippen LogP contribution in [0.2, 0.25) is 0 Å². The predicted molar refractivity (Wildman–Crippen MR) is 79.1 cm³/mol. The second-order valence-electron chi connectivity index (χ2n) is 4.40. The van der Waals surface area contributed by atoms with Crippen molar-refractivity contribution in [2.45, 2.75) is 13.8 Å². The molecule has 0 amide bonds. The number of pyridine rings is 1. The van der Waals surface area contributed by atoms with Crippen molar-refractivity contribution in [3.8, 4) is 0 Å². The SMILES string of the molecule is CCN(c1cccc(C)c1)c1ccnc(C(=N)N)c1. The minimum Gasteiger partial charge on any atom is -0.382 e. The lowest BCUT2D eigenvalue weighted by Gasteiger charge is -2.24. The molecule has 1 heterocycles. The first-order valence-corrected chi connectivity index (χ1v) is 6.26. The number of nitrogen functional groups attached to an aromatic ring is 1. The Morgan fingerprint density at radius 2 is 2.00 bits per heavy atom. The van der Waals surface area contributed by atoms with Gasteiger partial charge < -0.3 is 10.6 Å². The van der Waals surface area contributed by atoms with Gasteiger partial charge in [-0.15, -0.1) is 0 Å². The Bertz CT molecular complexity index is 592. The highest BCUT2D eigenvalue weighted by molar-refractivity contribution is 5.94. The monoisotopic (exact) mass is 254 g/mol. The molecule has 2 rings (SSSR count). The highest BCUT2D eigenvalue weighted by Crippen LogP contribution is 2.25. The maximum atomic E-state index is 7.47. The van der Waals surface area contributed by atoms with Crippen molar-refractivity contribution in [2.75, 3.05) is 11.4 Å². The van der Waals surface area contributed by atoms with Crippen LogP contribution in [0.4, 0.5) is 11.4 Å². The van der Waals surface area contributed by atoms with E-state index in [-0.39, 0.29) is 5.84 Å². The lowest BCUT2D eigenvalue weighted by atomic mass is 10.2. The third-order valence-electron chi connectivity index (χ3n) is 2.96. The molecule has 4 heteroatoms. The fourth-order valence-corrected chi connectivity index (χ4v) is 2.04. The first-order chi connectivity index (χ1) is 9.11. The standard InChI is InChI=1S/C15H18N4/c1-3-19(12-6-4-5-11(2)9-12)13-7-8-18-14(10-13)15(16)17/h4-10H,3H2,1-2H3,(H3,16,17). The number of rotatable bonds is 4. The van der Waals surface area contributed by atoms with Crippen LogP contribution in [0.15, 0.2) is 42.6 Å². The van der Waals surface area contributed by atoms with Crippen LogP contribution in [0.25, 0.3) is 0 Å². The number of nitrogens with one attached hydrogen (secondary N) is 1. The number of amidine groups is 1. The molecule has 0 radical (unpaired) electrons. The van der Waals surface area contributed by atoms with Crippen LogP contribution in [0.1, 0.15) is 18.2 Å². The largest absolute Gasteiger partial charge is 0.382 e. The van der Waals surface area contributed by atoms with Crippen molar-refractivity contribution < 1.29 is 0 Å². The Balaban J connectivity index is 2.42. The second-order valence-corrected chi connectivity index (χ2v) is 4.40. The van der Waals surface area contributed by atoms with Gasteiger partial charge in [0.05, 0.1) is 0 Å². The van der Waals surface area contributed by atoms with Crippen molar-refractivity contribution in [3.63, 3.8) is 0 Å². The summed E-state index contributed by atoms with van der Waals surface area (Å²) in [6, 6.07) is 12.1. The lowest BCUT2D eigenvalue weighted by Crippen LogP contribution is -2.18. The summed E-state index contributed by atoms with van der Waals surface area (Å²) in [5.74, 6) is -0.0119. The van der Waals surface area contributed by atoms with E-state index in [1.54, 1.807) is 6.20 Å². The molecule has 0 fully saturated rings. The van der Waals surface area contributed by atoms with E-state index in [9.17, 15) is 0 Å². The number of aryl methyl sites for hydroxylation is 1. The smallest absolute Gasteiger partial charge is 0.141 e. The van der Waals surface area contributed by atoms with Crippen LogP contribution in [0.5, 0.6) is 0 Å². The maximum absolute atomic E-state index is 7.47. The molecule has 4 nitrogen and oxygen atoms in total. The maximum Gasteiger partial charge on any atom is 0.141 e. The summed E-state index contributed by atoms with van der Waals surface area (Å²) >= 11 is 0. The van der Waals surface area contributed by atoms with Crippen molar-refractivity contribution >= 4 is 17.2 Å². The summed E-state index contributed by atoms with van der Waals surface area (Å²) in [6.07, 6.45) is 1.69. The normalized spacial score (nSPS) is 10.2. The van der Waals surface area contributed by atoms with Crippen LogP contribution in [0.3, 0.4) is 0 Å². The molecule has 1 aromatic carbocycles. The Hall–Kier alpha value is -2.36. The first-order valence-electron chi connectivity index (χ1n) is 6.26. The molecule has 0 spiro atoms. The van der Waals surface area contributed by atoms with Crippen molar-refractivity contribution in [1.29, 1.82) is 5.41 Å². The number of nitrogens with zero attached hydrogens (tertiary/aromatic N) is 2. The van der Waals surface area contributed by atoms with Crippen LogP contribution >= 0.6 is 0 Å². The van der Waals surface area contributed by atoms with Crippen molar-refractivity contribution in [1.82, 2.24) is 4.98 Å². The number of nitrogens with two attached hydrogens (primary N) is 1. The molecule has 0 saturated carbocycles. The molecule has 0 aliphatic carbocycles. The Labute approximate surface area is 113 Å². The molecule has 1 aromatic heterocycles. The van der Waals surface area contributed by atoms with Crippen LogP contribution in [-0.4, -0.2) is 17.4 Å². The molecule has 0 aliphatic rings. The molecule has 0 atom stereocenters. The molecular weight excluding hydrogens is 236 g/mol. The average Bonchev–Trinajstić information content (AvgIpc) is 2.40. The third-order valence-corrected chi connectivity index (χ3v) is 2.96. The zero-order valence-corrected chi connectivity index (χ0v) is 11.2. The topological polar surface area (TPSA) is 66.0 Å². The first kappa shape index (κ1) is 13.1. The van der Waals surface area contributed by atoms with E-state index in [0.717, 1.165) is 17.9 Å². The number of aromatic nitrogens is 1. The molecular formula is C15H18N4. The number of anilines is 2. The van der Waals surface area contributed by atoms with E-state index < -0.39 is 0 Å². The van der Waals surface area contributed by atoms with Gasteiger partial charge in [-0.05, 0) is 43.7 Å². The van der Waals surface area contributed by atoms with Crippen molar-refractivity contribution in [2.24, 2.45) is 5.73 Å². The van der Waals surface area contributed by atoms with E-state index in [4.69, 9.17) is 11.1 Å². The van der Waals surface area contributed by atoms with Gasteiger partial charge in [-0.3, -0.25) is 10.4 Å². The summed E-state index contributed by atoms with van der Waals surface area (Å²) < 4.78 is 0. The molecule has 3 N–H and O–H groups in total. The Morgan fingerprint density at radius 3 is 2.63 bits per heavy atom. The summed E-state index contributed by atoms with van der Waals surface area (Å²) in [5, 5.41) is 7.47. The highest BCUT2D eigenvalue weighted by Gasteiger charge is 2.09. The minimum atomic E-state index is -0.0119. The number of hydrogen-bond donors (Lipinski definition) is 2.